The van der Waals surface area contributed by atoms with Crippen LogP contribution in [-0.2, 0) is 6.42 Å². The minimum Gasteiger partial charge on any atom is -0.502 e. The summed E-state index contributed by atoms with van der Waals surface area (Å²) >= 11 is 0. The van der Waals surface area contributed by atoms with Crippen molar-refractivity contribution in [3.05, 3.63) is 17.7 Å². The molecule has 0 saturated carbocycles. The fraction of sp³-hybridized carbons (Fsp3) is 0.562. The highest BCUT2D eigenvalue weighted by Gasteiger charge is 2.17. The number of unbranched alkanes of at least 4 members (excludes halogenated alkanes) is 3. The van der Waals surface area contributed by atoms with Crippen LogP contribution in [0.3, 0.4) is 0 Å². The highest BCUT2D eigenvalue weighted by atomic mass is 16.7. The lowest BCUT2D eigenvalue weighted by Gasteiger charge is -2.15. The lowest BCUT2D eigenvalue weighted by atomic mass is 10.1. The second-order valence-electron chi connectivity index (χ2n) is 4.93. The summed E-state index contributed by atoms with van der Waals surface area (Å²) in [6, 6.07) is 3.22. The fourth-order valence-corrected chi connectivity index (χ4v) is 2.02. The zero-order chi connectivity index (χ0) is 15.7. The maximum Gasteiger partial charge on any atom is 0.511 e. The predicted octanol–water partition coefficient (Wildman–Crippen LogP) is 4.36. The molecule has 1 aromatic carbocycles. The van der Waals surface area contributed by atoms with E-state index in [1.807, 2.05) is 0 Å². The Kier molecular flexibility index (Phi) is 7.43. The first kappa shape index (κ1) is 17.1. The summed E-state index contributed by atoms with van der Waals surface area (Å²) in [7, 11) is 0. The molecule has 0 heterocycles. The number of ether oxygens (including phenoxy) is 2. The molecule has 5 nitrogen and oxygen atoms in total. The van der Waals surface area contributed by atoms with Crippen LogP contribution in [-0.4, -0.2) is 23.0 Å². The van der Waals surface area contributed by atoms with Crippen LogP contribution < -0.4 is 9.47 Å². The van der Waals surface area contributed by atoms with Crippen LogP contribution in [0.15, 0.2) is 12.1 Å². The van der Waals surface area contributed by atoms with Crippen LogP contribution in [0.25, 0.3) is 0 Å². The zero-order valence-electron chi connectivity index (χ0n) is 12.7. The summed E-state index contributed by atoms with van der Waals surface area (Å²) in [6.45, 7) is 4.69. The third kappa shape index (κ3) is 5.53. The van der Waals surface area contributed by atoms with Gasteiger partial charge in [0.2, 0.25) is 5.75 Å². The minimum atomic E-state index is -1.46. The van der Waals surface area contributed by atoms with E-state index in [1.54, 1.807) is 6.07 Å². The van der Waals surface area contributed by atoms with E-state index in [1.165, 1.54) is 6.07 Å². The van der Waals surface area contributed by atoms with Crippen molar-refractivity contribution in [2.45, 2.75) is 52.4 Å². The van der Waals surface area contributed by atoms with Gasteiger partial charge in [-0.3, -0.25) is 0 Å². The Morgan fingerprint density at radius 1 is 1.14 bits per heavy atom. The molecule has 21 heavy (non-hydrogen) atoms. The summed E-state index contributed by atoms with van der Waals surface area (Å²) < 4.78 is 10.2. The molecule has 0 fully saturated rings. The van der Waals surface area contributed by atoms with Gasteiger partial charge in [0.25, 0.3) is 0 Å². The molecule has 1 aromatic rings. The molecule has 1 rings (SSSR count). The maximum atomic E-state index is 10.6. The smallest absolute Gasteiger partial charge is 0.502 e. The molecule has 118 valence electrons. The van der Waals surface area contributed by atoms with Crippen LogP contribution in [0.5, 0.6) is 17.2 Å². The van der Waals surface area contributed by atoms with Crippen LogP contribution in [0.2, 0.25) is 0 Å². The van der Waals surface area contributed by atoms with Gasteiger partial charge in [0.15, 0.2) is 11.5 Å². The molecule has 0 aliphatic rings. The summed E-state index contributed by atoms with van der Waals surface area (Å²) in [5.74, 6) is 0.0223. The van der Waals surface area contributed by atoms with Gasteiger partial charge in [0.1, 0.15) is 0 Å². The van der Waals surface area contributed by atoms with Gasteiger partial charge in [-0.25, -0.2) is 4.79 Å². The van der Waals surface area contributed by atoms with E-state index in [2.05, 4.69) is 18.6 Å². The Balaban J connectivity index is 2.91. The monoisotopic (exact) mass is 296 g/mol. The molecule has 0 atom stereocenters. The highest BCUT2D eigenvalue weighted by Crippen LogP contribution is 2.40. The van der Waals surface area contributed by atoms with Crippen LogP contribution in [0.4, 0.5) is 4.79 Å². The van der Waals surface area contributed by atoms with Gasteiger partial charge in [-0.15, -0.1) is 0 Å². The van der Waals surface area contributed by atoms with Crippen molar-refractivity contribution in [2.24, 2.45) is 0 Å². The van der Waals surface area contributed by atoms with E-state index >= 15 is 0 Å². The molecule has 0 aromatic heterocycles. The van der Waals surface area contributed by atoms with Gasteiger partial charge < -0.3 is 19.7 Å². The summed E-state index contributed by atoms with van der Waals surface area (Å²) in [6.07, 6.45) is 4.36. The first-order valence-electron chi connectivity index (χ1n) is 7.48. The lowest BCUT2D eigenvalue weighted by molar-refractivity contribution is 0.142. The van der Waals surface area contributed by atoms with Gasteiger partial charge in [-0.05, 0) is 30.9 Å². The van der Waals surface area contributed by atoms with Gasteiger partial charge in [-0.1, -0.05) is 39.2 Å². The van der Waals surface area contributed by atoms with E-state index in [0.29, 0.717) is 12.4 Å². The fourth-order valence-electron chi connectivity index (χ4n) is 2.02. The van der Waals surface area contributed by atoms with E-state index < -0.39 is 6.16 Å². The van der Waals surface area contributed by atoms with Crippen molar-refractivity contribution in [1.82, 2.24) is 0 Å². The molecular formula is C16H24O5. The number of hydrogen-bond acceptors (Lipinski definition) is 4. The molecule has 0 radical (unpaired) electrons. The zero-order valence-corrected chi connectivity index (χ0v) is 12.7. The molecule has 5 heteroatoms. The molecule has 0 unspecified atom stereocenters. The van der Waals surface area contributed by atoms with E-state index in [0.717, 1.165) is 44.1 Å². The number of benzene rings is 1. The second-order valence-corrected chi connectivity index (χ2v) is 4.93. The van der Waals surface area contributed by atoms with Crippen molar-refractivity contribution < 1.29 is 24.5 Å². The minimum absolute atomic E-state index is 0.0896. The number of carbonyl (C=O) groups is 1. The van der Waals surface area contributed by atoms with Crippen LogP contribution in [0, 0.1) is 0 Å². The molecule has 0 bridgehead atoms. The quantitative estimate of drug-likeness (QED) is 0.402. The number of aryl methyl sites for hydroxylation is 1. The summed E-state index contributed by atoms with van der Waals surface area (Å²) in [5, 5.41) is 18.8. The predicted molar refractivity (Wildman–Crippen MR) is 80.4 cm³/mol. The van der Waals surface area contributed by atoms with E-state index in [9.17, 15) is 9.90 Å². The first-order valence-corrected chi connectivity index (χ1v) is 7.48. The van der Waals surface area contributed by atoms with E-state index in [-0.39, 0.29) is 11.5 Å². The van der Waals surface area contributed by atoms with Crippen molar-refractivity contribution in [3.63, 3.8) is 0 Å². The van der Waals surface area contributed by atoms with Gasteiger partial charge in [0, 0.05) is 0 Å². The van der Waals surface area contributed by atoms with Crippen LogP contribution >= 0.6 is 0 Å². The Morgan fingerprint density at radius 2 is 1.86 bits per heavy atom. The first-order chi connectivity index (χ1) is 10.1. The molecule has 0 saturated heterocycles. The molecule has 0 amide bonds. The average molecular weight is 296 g/mol. The lowest BCUT2D eigenvalue weighted by Crippen LogP contribution is -2.06. The Labute approximate surface area is 125 Å². The van der Waals surface area contributed by atoms with Gasteiger partial charge in [0.05, 0.1) is 6.61 Å². The topological polar surface area (TPSA) is 76.0 Å². The molecule has 0 spiro atoms. The largest absolute Gasteiger partial charge is 0.511 e. The third-order valence-electron chi connectivity index (χ3n) is 3.17. The maximum absolute atomic E-state index is 10.6. The molecular weight excluding hydrogens is 272 g/mol. The van der Waals surface area contributed by atoms with Crippen molar-refractivity contribution in [2.75, 3.05) is 6.61 Å². The summed E-state index contributed by atoms with van der Waals surface area (Å²) in [4.78, 5) is 10.6. The Morgan fingerprint density at radius 3 is 2.48 bits per heavy atom. The number of rotatable bonds is 9. The SMILES string of the molecule is CCCCCOc1c(CCCC)ccc(OC(=O)O)c1O. The molecule has 2 N–H and O–H groups in total. The van der Waals surface area contributed by atoms with Crippen molar-refractivity contribution in [1.29, 1.82) is 0 Å². The standard InChI is InChI=1S/C16H24O5/c1-3-5-7-11-20-15-12(8-6-4-2)9-10-13(14(15)17)21-16(18)19/h9-10,17H,3-8,11H2,1-2H3,(H,18,19). The third-order valence-corrected chi connectivity index (χ3v) is 3.17. The Hall–Kier alpha value is -1.91. The van der Waals surface area contributed by atoms with Crippen LogP contribution in [0.1, 0.15) is 51.5 Å². The van der Waals surface area contributed by atoms with Crippen molar-refractivity contribution >= 4 is 6.16 Å². The number of phenolic OH excluding ortho intramolecular Hbond substituents is 1. The number of carboxylic acid groups (broad SMARTS) is 1. The number of aromatic hydroxyl groups is 1. The van der Waals surface area contributed by atoms with Crippen molar-refractivity contribution in [3.8, 4) is 17.2 Å². The highest BCUT2D eigenvalue weighted by molar-refractivity contribution is 5.65. The molecule has 0 aliphatic heterocycles. The Bertz CT molecular complexity index is 456. The number of hydrogen-bond donors (Lipinski definition) is 2. The molecule has 0 aliphatic carbocycles. The van der Waals surface area contributed by atoms with Gasteiger partial charge >= 0.3 is 6.16 Å². The van der Waals surface area contributed by atoms with Gasteiger partial charge in [-0.2, -0.15) is 0 Å². The number of phenols is 1. The normalized spacial score (nSPS) is 10.4. The average Bonchev–Trinajstić information content (AvgIpc) is 2.45. The second kappa shape index (κ2) is 9.10. The van der Waals surface area contributed by atoms with E-state index in [4.69, 9.17) is 9.84 Å². The summed E-state index contributed by atoms with van der Waals surface area (Å²) in [5.41, 5.74) is 0.878.